The summed E-state index contributed by atoms with van der Waals surface area (Å²) < 4.78 is 21.2. The zero-order valence-electron chi connectivity index (χ0n) is 10.3. The standard InChI is InChI=1S/C13H14BrFN2O/c1-17-8-16-13(14)11(17)5-3-9-7-10(15)4-6-12(9)18-2/h4,6-8H,3,5H2,1-2H3. The van der Waals surface area contributed by atoms with Crippen molar-refractivity contribution in [2.75, 3.05) is 7.11 Å². The van der Waals surface area contributed by atoms with Crippen LogP contribution in [0.5, 0.6) is 5.75 Å². The molecule has 5 heteroatoms. The maximum atomic E-state index is 13.2. The molecule has 2 aromatic rings. The monoisotopic (exact) mass is 312 g/mol. The molecule has 96 valence electrons. The smallest absolute Gasteiger partial charge is 0.127 e. The molecule has 2 rings (SSSR count). The molecule has 1 heterocycles. The minimum Gasteiger partial charge on any atom is -0.496 e. The maximum absolute atomic E-state index is 13.2. The Bertz CT molecular complexity index is 534. The molecule has 0 aliphatic carbocycles. The summed E-state index contributed by atoms with van der Waals surface area (Å²) in [6.45, 7) is 0. The lowest BCUT2D eigenvalue weighted by molar-refractivity contribution is 0.408. The molecular formula is C13H14BrFN2O. The summed E-state index contributed by atoms with van der Waals surface area (Å²) in [7, 11) is 3.53. The summed E-state index contributed by atoms with van der Waals surface area (Å²) in [4.78, 5) is 4.16. The van der Waals surface area contributed by atoms with E-state index in [1.54, 1.807) is 19.5 Å². The topological polar surface area (TPSA) is 27.1 Å². The van der Waals surface area contributed by atoms with Gasteiger partial charge in [-0.3, -0.25) is 0 Å². The van der Waals surface area contributed by atoms with Crippen molar-refractivity contribution >= 4 is 15.9 Å². The number of rotatable bonds is 4. The van der Waals surface area contributed by atoms with Gasteiger partial charge in [0.25, 0.3) is 0 Å². The molecule has 1 aromatic carbocycles. The third-order valence-corrected chi connectivity index (χ3v) is 3.54. The van der Waals surface area contributed by atoms with Gasteiger partial charge in [-0.2, -0.15) is 0 Å². The van der Waals surface area contributed by atoms with Gasteiger partial charge in [0, 0.05) is 7.05 Å². The van der Waals surface area contributed by atoms with Crippen LogP contribution in [-0.2, 0) is 19.9 Å². The Kier molecular flexibility index (Phi) is 4.01. The Labute approximate surface area is 114 Å². The van der Waals surface area contributed by atoms with Crippen LogP contribution in [0.25, 0.3) is 0 Å². The number of imidazole rings is 1. The highest BCUT2D eigenvalue weighted by atomic mass is 79.9. The molecule has 0 atom stereocenters. The lowest BCUT2D eigenvalue weighted by Gasteiger charge is -2.09. The number of methoxy groups -OCH3 is 1. The number of nitrogens with zero attached hydrogens (tertiary/aromatic N) is 2. The van der Waals surface area contributed by atoms with Crippen molar-refractivity contribution in [1.82, 2.24) is 9.55 Å². The van der Waals surface area contributed by atoms with E-state index >= 15 is 0 Å². The number of hydrogen-bond acceptors (Lipinski definition) is 2. The zero-order chi connectivity index (χ0) is 13.1. The Morgan fingerprint density at radius 3 is 2.78 bits per heavy atom. The molecule has 3 nitrogen and oxygen atoms in total. The lowest BCUT2D eigenvalue weighted by Crippen LogP contribution is -2.01. The second-order valence-electron chi connectivity index (χ2n) is 4.05. The van der Waals surface area contributed by atoms with Crippen LogP contribution in [0.2, 0.25) is 0 Å². The molecule has 0 spiro atoms. The number of aromatic nitrogens is 2. The molecule has 1 aromatic heterocycles. The van der Waals surface area contributed by atoms with Gasteiger partial charge in [-0.25, -0.2) is 9.37 Å². The quantitative estimate of drug-likeness (QED) is 0.867. The van der Waals surface area contributed by atoms with E-state index in [4.69, 9.17) is 4.74 Å². The summed E-state index contributed by atoms with van der Waals surface area (Å²) in [5.74, 6) is 0.476. The molecule has 0 saturated carbocycles. The Balaban J connectivity index is 2.17. The van der Waals surface area contributed by atoms with Crippen LogP contribution in [0.1, 0.15) is 11.3 Å². The fourth-order valence-corrected chi connectivity index (χ4v) is 2.47. The fraction of sp³-hybridized carbons (Fsp3) is 0.308. The number of benzene rings is 1. The Morgan fingerprint density at radius 2 is 2.17 bits per heavy atom. The van der Waals surface area contributed by atoms with Gasteiger partial charge in [-0.1, -0.05) is 0 Å². The van der Waals surface area contributed by atoms with E-state index in [9.17, 15) is 4.39 Å². The minimum absolute atomic E-state index is 0.241. The molecule has 0 saturated heterocycles. The molecule has 0 unspecified atom stereocenters. The average molecular weight is 313 g/mol. The van der Waals surface area contributed by atoms with E-state index in [1.807, 2.05) is 11.6 Å². The fourth-order valence-electron chi connectivity index (χ4n) is 1.90. The first-order valence-corrected chi connectivity index (χ1v) is 6.39. The SMILES string of the molecule is COc1ccc(F)cc1CCc1c(Br)ncn1C. The number of hydrogen-bond donors (Lipinski definition) is 0. The van der Waals surface area contributed by atoms with Crippen LogP contribution in [0.15, 0.2) is 29.1 Å². The second-order valence-corrected chi connectivity index (χ2v) is 4.80. The molecule has 0 fully saturated rings. The summed E-state index contributed by atoms with van der Waals surface area (Å²) in [5, 5.41) is 0. The van der Waals surface area contributed by atoms with Gasteiger partial charge in [0.2, 0.25) is 0 Å². The Morgan fingerprint density at radius 1 is 1.39 bits per heavy atom. The highest BCUT2D eigenvalue weighted by Gasteiger charge is 2.09. The molecule has 0 aliphatic rings. The molecular weight excluding hydrogens is 299 g/mol. The average Bonchev–Trinajstić information content (AvgIpc) is 2.67. The van der Waals surface area contributed by atoms with Gasteiger partial charge >= 0.3 is 0 Å². The summed E-state index contributed by atoms with van der Waals surface area (Å²) in [5.41, 5.74) is 1.95. The summed E-state index contributed by atoms with van der Waals surface area (Å²) in [6.07, 6.45) is 3.23. The van der Waals surface area contributed by atoms with Gasteiger partial charge in [0.1, 0.15) is 16.2 Å². The van der Waals surface area contributed by atoms with Gasteiger partial charge in [-0.05, 0) is 52.5 Å². The van der Waals surface area contributed by atoms with E-state index in [1.165, 1.54) is 12.1 Å². The third kappa shape index (κ3) is 2.72. The molecule has 0 amide bonds. The highest BCUT2D eigenvalue weighted by Crippen LogP contribution is 2.22. The predicted octanol–water partition coefficient (Wildman–Crippen LogP) is 3.12. The minimum atomic E-state index is -0.241. The highest BCUT2D eigenvalue weighted by molar-refractivity contribution is 9.10. The van der Waals surface area contributed by atoms with Crippen LogP contribution < -0.4 is 4.74 Å². The largest absolute Gasteiger partial charge is 0.496 e. The molecule has 18 heavy (non-hydrogen) atoms. The lowest BCUT2D eigenvalue weighted by atomic mass is 10.1. The van der Waals surface area contributed by atoms with Crippen molar-refractivity contribution in [2.45, 2.75) is 12.8 Å². The number of ether oxygens (including phenoxy) is 1. The first-order valence-electron chi connectivity index (χ1n) is 5.60. The van der Waals surface area contributed by atoms with Gasteiger partial charge in [-0.15, -0.1) is 0 Å². The van der Waals surface area contributed by atoms with Crippen LogP contribution in [0.4, 0.5) is 4.39 Å². The van der Waals surface area contributed by atoms with E-state index < -0.39 is 0 Å². The van der Waals surface area contributed by atoms with Crippen molar-refractivity contribution in [1.29, 1.82) is 0 Å². The molecule has 0 radical (unpaired) electrons. The van der Waals surface area contributed by atoms with Crippen molar-refractivity contribution in [3.05, 3.63) is 46.2 Å². The molecule has 0 aliphatic heterocycles. The van der Waals surface area contributed by atoms with Crippen molar-refractivity contribution in [2.24, 2.45) is 7.05 Å². The van der Waals surface area contributed by atoms with Crippen LogP contribution >= 0.6 is 15.9 Å². The zero-order valence-corrected chi connectivity index (χ0v) is 11.9. The molecule has 0 N–H and O–H groups in total. The van der Waals surface area contributed by atoms with Gasteiger partial charge < -0.3 is 9.30 Å². The van der Waals surface area contributed by atoms with Gasteiger partial charge in [0.15, 0.2) is 0 Å². The van der Waals surface area contributed by atoms with Gasteiger partial charge in [0.05, 0.1) is 19.1 Å². The van der Waals surface area contributed by atoms with Crippen LogP contribution in [0.3, 0.4) is 0 Å². The second kappa shape index (κ2) is 5.52. The molecule has 0 bridgehead atoms. The normalized spacial score (nSPS) is 10.7. The van der Waals surface area contributed by atoms with Crippen molar-refractivity contribution in [3.8, 4) is 5.75 Å². The summed E-state index contributed by atoms with van der Waals surface area (Å²) in [6, 6.07) is 4.58. The van der Waals surface area contributed by atoms with Crippen LogP contribution in [-0.4, -0.2) is 16.7 Å². The van der Waals surface area contributed by atoms with Crippen LogP contribution in [0, 0.1) is 5.82 Å². The predicted molar refractivity (Wildman–Crippen MR) is 71.3 cm³/mol. The van der Waals surface area contributed by atoms with E-state index in [2.05, 4.69) is 20.9 Å². The van der Waals surface area contributed by atoms with Crippen molar-refractivity contribution in [3.63, 3.8) is 0 Å². The van der Waals surface area contributed by atoms with E-state index in [0.29, 0.717) is 6.42 Å². The maximum Gasteiger partial charge on any atom is 0.127 e. The first kappa shape index (κ1) is 13.1. The first-order chi connectivity index (χ1) is 8.61. The number of aryl methyl sites for hydroxylation is 2. The van der Waals surface area contributed by atoms with E-state index in [0.717, 1.165) is 28.0 Å². The Hall–Kier alpha value is -1.36. The third-order valence-electron chi connectivity index (χ3n) is 2.88. The summed E-state index contributed by atoms with van der Waals surface area (Å²) >= 11 is 3.40. The number of halogens is 2. The van der Waals surface area contributed by atoms with Crippen molar-refractivity contribution < 1.29 is 9.13 Å². The van der Waals surface area contributed by atoms with E-state index in [-0.39, 0.29) is 5.82 Å².